The molecule has 0 aliphatic carbocycles. The molecule has 2 rings (SSSR count). The Kier molecular flexibility index (Phi) is 4.46. The van der Waals surface area contributed by atoms with Gasteiger partial charge in [-0.25, -0.2) is 4.98 Å². The Hall–Kier alpha value is -1.38. The van der Waals surface area contributed by atoms with E-state index in [0.717, 1.165) is 5.69 Å². The second-order valence-corrected chi connectivity index (χ2v) is 7.06. The quantitative estimate of drug-likeness (QED) is 0.855. The maximum atomic E-state index is 12.1. The van der Waals surface area contributed by atoms with Crippen LogP contribution in [0.5, 0.6) is 0 Å². The van der Waals surface area contributed by atoms with Gasteiger partial charge in [-0.1, -0.05) is 13.8 Å². The number of anilines is 1. The van der Waals surface area contributed by atoms with Crippen molar-refractivity contribution >= 4 is 26.5 Å². The summed E-state index contributed by atoms with van der Waals surface area (Å²) < 4.78 is 32.0. The zero-order valence-electron chi connectivity index (χ0n) is 11.5. The molecular weight excluding hydrogens is 298 g/mol. The largest absolute Gasteiger partial charge is 0.446 e. The van der Waals surface area contributed by atoms with Gasteiger partial charge >= 0.3 is 0 Å². The van der Waals surface area contributed by atoms with E-state index in [4.69, 9.17) is 4.42 Å². The first-order valence-electron chi connectivity index (χ1n) is 6.14. The molecule has 110 valence electrons. The molecule has 2 aromatic heterocycles. The number of nitrogens with zero attached hydrogens (tertiary/aromatic N) is 1. The molecule has 20 heavy (non-hydrogen) atoms. The zero-order valence-corrected chi connectivity index (χ0v) is 13.1. The van der Waals surface area contributed by atoms with Crippen LogP contribution in [0.4, 0.5) is 5.13 Å². The lowest BCUT2D eigenvalue weighted by atomic mass is 10.2. The Labute approximate surface area is 122 Å². The molecule has 0 saturated heterocycles. The Morgan fingerprint density at radius 2 is 2.15 bits per heavy atom. The molecule has 0 bridgehead atoms. The minimum absolute atomic E-state index is 0.107. The van der Waals surface area contributed by atoms with Gasteiger partial charge in [0, 0.05) is 5.38 Å². The first kappa shape index (κ1) is 15.0. The summed E-state index contributed by atoms with van der Waals surface area (Å²) in [6.07, 6.45) is 0. The summed E-state index contributed by atoms with van der Waals surface area (Å²) in [6.45, 7) is 4.48. The van der Waals surface area contributed by atoms with E-state index >= 15 is 0 Å². The van der Waals surface area contributed by atoms with E-state index in [1.54, 1.807) is 13.1 Å². The lowest BCUT2D eigenvalue weighted by molar-refractivity contribution is 0.408. The summed E-state index contributed by atoms with van der Waals surface area (Å²) in [5.74, 6) is 0.824. The Bertz CT molecular complexity index is 674. The molecule has 0 atom stereocenters. The fourth-order valence-electron chi connectivity index (χ4n) is 1.54. The maximum absolute atomic E-state index is 12.1. The second-order valence-electron chi connectivity index (χ2n) is 4.59. The highest BCUT2D eigenvalue weighted by atomic mass is 32.2. The van der Waals surface area contributed by atoms with Crippen LogP contribution in [0.25, 0.3) is 0 Å². The number of hydrogen-bond acceptors (Lipinski definition) is 6. The van der Waals surface area contributed by atoms with Crippen LogP contribution in [-0.4, -0.2) is 20.4 Å². The van der Waals surface area contributed by atoms with Crippen molar-refractivity contribution in [3.63, 3.8) is 0 Å². The summed E-state index contributed by atoms with van der Waals surface area (Å²) in [5, 5.41) is 4.98. The van der Waals surface area contributed by atoms with Crippen molar-refractivity contribution in [3.8, 4) is 0 Å². The Balaban J connectivity index is 2.16. The summed E-state index contributed by atoms with van der Waals surface area (Å²) in [7, 11) is -1.96. The molecule has 0 fully saturated rings. The third-order valence-electron chi connectivity index (χ3n) is 2.59. The van der Waals surface area contributed by atoms with E-state index in [0.29, 0.717) is 17.4 Å². The number of sulfonamides is 1. The van der Waals surface area contributed by atoms with Crippen LogP contribution in [-0.2, 0) is 16.6 Å². The number of hydrogen-bond donors (Lipinski definition) is 2. The lowest BCUT2D eigenvalue weighted by Crippen LogP contribution is -2.12. The SMILES string of the molecule is CNCc1ccc(S(=O)(=O)Nc2nc(C(C)C)cs2)o1. The third kappa shape index (κ3) is 3.38. The van der Waals surface area contributed by atoms with Crippen LogP contribution < -0.4 is 10.0 Å². The van der Waals surface area contributed by atoms with E-state index in [1.165, 1.54) is 17.4 Å². The topological polar surface area (TPSA) is 84.2 Å². The van der Waals surface area contributed by atoms with Crippen molar-refractivity contribution in [3.05, 3.63) is 29.0 Å². The molecule has 0 aliphatic rings. The van der Waals surface area contributed by atoms with Crippen LogP contribution in [0.3, 0.4) is 0 Å². The standard InChI is InChI=1S/C12H17N3O3S2/c1-8(2)10-7-19-12(14-10)15-20(16,17)11-5-4-9(18-11)6-13-3/h4-5,7-8,13H,6H2,1-3H3,(H,14,15). The van der Waals surface area contributed by atoms with Gasteiger partial charge in [0.2, 0.25) is 5.09 Å². The molecule has 0 saturated carbocycles. The first-order valence-corrected chi connectivity index (χ1v) is 8.50. The van der Waals surface area contributed by atoms with E-state index in [-0.39, 0.29) is 11.0 Å². The number of thiazole rings is 1. The highest BCUT2D eigenvalue weighted by molar-refractivity contribution is 7.92. The van der Waals surface area contributed by atoms with Gasteiger partial charge in [-0.3, -0.25) is 4.72 Å². The normalized spacial score (nSPS) is 12.0. The maximum Gasteiger partial charge on any atom is 0.297 e. The van der Waals surface area contributed by atoms with Crippen LogP contribution in [0, 0.1) is 0 Å². The highest BCUT2D eigenvalue weighted by Gasteiger charge is 2.20. The van der Waals surface area contributed by atoms with Crippen LogP contribution in [0.1, 0.15) is 31.2 Å². The minimum atomic E-state index is -3.72. The van der Waals surface area contributed by atoms with Gasteiger partial charge in [0.05, 0.1) is 12.2 Å². The average molecular weight is 315 g/mol. The monoisotopic (exact) mass is 315 g/mol. The van der Waals surface area contributed by atoms with Gasteiger partial charge in [0.15, 0.2) is 5.13 Å². The molecular formula is C12H17N3O3S2. The van der Waals surface area contributed by atoms with Crippen LogP contribution in [0.15, 0.2) is 27.0 Å². The predicted molar refractivity (Wildman–Crippen MR) is 78.5 cm³/mol. The summed E-state index contributed by atoms with van der Waals surface area (Å²) in [4.78, 5) is 4.24. The van der Waals surface area contributed by atoms with Crippen LogP contribution in [0.2, 0.25) is 0 Å². The molecule has 6 nitrogen and oxygen atoms in total. The molecule has 0 radical (unpaired) electrons. The smallest absolute Gasteiger partial charge is 0.297 e. The van der Waals surface area contributed by atoms with Gasteiger partial charge in [-0.2, -0.15) is 8.42 Å². The van der Waals surface area contributed by atoms with Crippen molar-refractivity contribution < 1.29 is 12.8 Å². The first-order chi connectivity index (χ1) is 9.42. The molecule has 0 amide bonds. The number of nitrogens with one attached hydrogen (secondary N) is 2. The van der Waals surface area contributed by atoms with Crippen molar-refractivity contribution in [1.82, 2.24) is 10.3 Å². The summed E-state index contributed by atoms with van der Waals surface area (Å²) in [6, 6.07) is 3.07. The van der Waals surface area contributed by atoms with E-state index < -0.39 is 10.0 Å². The summed E-state index contributed by atoms with van der Waals surface area (Å²) >= 11 is 1.26. The lowest BCUT2D eigenvalue weighted by Gasteiger charge is -2.02. The van der Waals surface area contributed by atoms with Gasteiger partial charge in [0.25, 0.3) is 10.0 Å². The molecule has 0 unspecified atom stereocenters. The van der Waals surface area contributed by atoms with Crippen molar-refractivity contribution in [2.75, 3.05) is 11.8 Å². The summed E-state index contributed by atoms with van der Waals surface area (Å²) in [5.41, 5.74) is 0.864. The van der Waals surface area contributed by atoms with Crippen LogP contribution >= 0.6 is 11.3 Å². The molecule has 2 heterocycles. The highest BCUT2D eigenvalue weighted by Crippen LogP contribution is 2.24. The zero-order chi connectivity index (χ0) is 14.8. The second kappa shape index (κ2) is 5.94. The van der Waals surface area contributed by atoms with Crippen molar-refractivity contribution in [2.45, 2.75) is 31.4 Å². The van der Waals surface area contributed by atoms with E-state index in [9.17, 15) is 8.42 Å². The number of furan rings is 1. The number of aromatic nitrogens is 1. The molecule has 0 spiro atoms. The average Bonchev–Trinajstić information content (AvgIpc) is 2.98. The number of rotatable bonds is 6. The third-order valence-corrected chi connectivity index (χ3v) is 4.70. The van der Waals surface area contributed by atoms with E-state index in [2.05, 4.69) is 15.0 Å². The molecule has 8 heteroatoms. The van der Waals surface area contributed by atoms with Crippen molar-refractivity contribution in [2.24, 2.45) is 0 Å². The Morgan fingerprint density at radius 3 is 2.75 bits per heavy atom. The van der Waals surface area contributed by atoms with Gasteiger partial charge in [-0.15, -0.1) is 11.3 Å². The van der Waals surface area contributed by atoms with Crippen molar-refractivity contribution in [1.29, 1.82) is 0 Å². The minimum Gasteiger partial charge on any atom is -0.446 e. The van der Waals surface area contributed by atoms with Gasteiger partial charge in [-0.05, 0) is 25.1 Å². The van der Waals surface area contributed by atoms with E-state index in [1.807, 2.05) is 19.2 Å². The fourth-order valence-corrected chi connectivity index (χ4v) is 3.61. The van der Waals surface area contributed by atoms with Gasteiger partial charge < -0.3 is 9.73 Å². The molecule has 0 aliphatic heterocycles. The Morgan fingerprint density at radius 1 is 1.40 bits per heavy atom. The fraction of sp³-hybridized carbons (Fsp3) is 0.417. The van der Waals surface area contributed by atoms with Gasteiger partial charge in [0.1, 0.15) is 5.76 Å². The predicted octanol–water partition coefficient (Wildman–Crippen LogP) is 2.38. The molecule has 2 aromatic rings. The molecule has 0 aromatic carbocycles. The molecule has 2 N–H and O–H groups in total.